The smallest absolute Gasteiger partial charge is 0.363 e. The molecule has 2 aromatic heterocycles. The third-order valence-corrected chi connectivity index (χ3v) is 10.7. The monoisotopic (exact) mass is 633 g/mol. The van der Waals surface area contributed by atoms with E-state index in [0.29, 0.717) is 46.8 Å². The first kappa shape index (κ1) is 29.7. The minimum absolute atomic E-state index is 0.0516. The van der Waals surface area contributed by atoms with Crippen LogP contribution in [-0.2, 0) is 21.2 Å². The number of halogens is 1. The van der Waals surface area contributed by atoms with Crippen LogP contribution in [0.3, 0.4) is 0 Å². The molecule has 3 saturated heterocycles. The van der Waals surface area contributed by atoms with Gasteiger partial charge in [0, 0.05) is 48.6 Å². The summed E-state index contributed by atoms with van der Waals surface area (Å²) in [5.41, 5.74) is 0.782. The minimum Gasteiger partial charge on any atom is -0.480 e. The van der Waals surface area contributed by atoms with Crippen LogP contribution in [-0.4, -0.2) is 85.4 Å². The molecule has 3 aromatic rings. The number of rotatable bonds is 7. The second-order valence-corrected chi connectivity index (χ2v) is 14.2. The van der Waals surface area contributed by atoms with Crippen molar-refractivity contribution in [1.82, 2.24) is 24.9 Å². The normalized spacial score (nSPS) is 23.6. The van der Waals surface area contributed by atoms with Crippen LogP contribution >= 0.6 is 18.9 Å². The number of likely N-dealkylation sites (tertiary alicyclic amines) is 1. The van der Waals surface area contributed by atoms with E-state index in [2.05, 4.69) is 10.4 Å². The average Bonchev–Trinajstić information content (AvgIpc) is 3.63. The predicted octanol–water partition coefficient (Wildman–Crippen LogP) is 3.06. The van der Waals surface area contributed by atoms with Crippen molar-refractivity contribution in [3.8, 4) is 5.88 Å². The van der Waals surface area contributed by atoms with Crippen LogP contribution < -0.4 is 10.1 Å². The van der Waals surface area contributed by atoms with Gasteiger partial charge in [0.15, 0.2) is 0 Å². The molecular weight excluding hydrogens is 600 g/mol. The molecule has 0 aliphatic carbocycles. The summed E-state index contributed by atoms with van der Waals surface area (Å²) in [4.78, 5) is 62.8. The highest BCUT2D eigenvalue weighted by Crippen LogP contribution is 2.53. The van der Waals surface area contributed by atoms with Gasteiger partial charge in [-0.3, -0.25) is 23.6 Å². The van der Waals surface area contributed by atoms with Gasteiger partial charge in [-0.25, -0.2) is 4.39 Å². The lowest BCUT2D eigenvalue weighted by Crippen LogP contribution is -2.58. The molecule has 3 amide bonds. The van der Waals surface area contributed by atoms with Gasteiger partial charge in [-0.2, -0.15) is 0 Å². The van der Waals surface area contributed by atoms with Crippen LogP contribution in [0.15, 0.2) is 30.5 Å². The molecule has 3 aliphatic heterocycles. The molecule has 15 heteroatoms. The summed E-state index contributed by atoms with van der Waals surface area (Å²) in [7, 11) is -1.58. The van der Waals surface area contributed by atoms with E-state index in [-0.39, 0.29) is 29.3 Å². The van der Waals surface area contributed by atoms with Gasteiger partial charge < -0.3 is 29.6 Å². The second-order valence-electron chi connectivity index (χ2n) is 11.5. The van der Waals surface area contributed by atoms with Crippen molar-refractivity contribution in [2.45, 2.75) is 62.1 Å². The van der Waals surface area contributed by atoms with Gasteiger partial charge in [0.05, 0.1) is 12.0 Å². The molecule has 230 valence electrons. The summed E-state index contributed by atoms with van der Waals surface area (Å²) in [6.07, 6.45) is 5.15. The van der Waals surface area contributed by atoms with Crippen LogP contribution in [0.5, 0.6) is 5.88 Å². The summed E-state index contributed by atoms with van der Waals surface area (Å²) in [5.74, 6) is -2.60. The zero-order valence-corrected chi connectivity index (χ0v) is 25.4. The number of alkyl halides is 1. The lowest BCUT2D eigenvalue weighted by molar-refractivity contribution is -0.148. The first-order valence-electron chi connectivity index (χ1n) is 14.2. The van der Waals surface area contributed by atoms with Crippen LogP contribution in [0.1, 0.15) is 64.7 Å². The summed E-state index contributed by atoms with van der Waals surface area (Å²) in [6, 6.07) is 4.23. The lowest BCUT2D eigenvalue weighted by atomic mass is 9.92. The van der Waals surface area contributed by atoms with E-state index >= 15 is 0 Å². The maximum absolute atomic E-state index is 14.2. The third kappa shape index (κ3) is 5.57. The number of methoxy groups -OCH3 is 1. The first-order chi connectivity index (χ1) is 20.4. The SMILES string of the molecule is COc1nn(C)cc1C1CN(C(=O)[C@@H]2CC[C@@H]3CCC[C@H](NC(=O)c4cc5cc(C(F)P(=O)(O)O)ccc5s4)C(=O)N32)C1. The highest BCUT2D eigenvalue weighted by atomic mass is 32.1. The lowest BCUT2D eigenvalue weighted by Gasteiger charge is -2.42. The third-order valence-electron chi connectivity index (χ3n) is 8.66. The molecule has 1 aromatic carbocycles. The zero-order chi connectivity index (χ0) is 30.6. The Morgan fingerprint density at radius 1 is 1.19 bits per heavy atom. The van der Waals surface area contributed by atoms with E-state index in [1.54, 1.807) is 21.6 Å². The number of nitrogens with zero attached hydrogens (tertiary/aromatic N) is 4. The number of thiophene rings is 1. The van der Waals surface area contributed by atoms with Gasteiger partial charge in [0.1, 0.15) is 12.1 Å². The summed E-state index contributed by atoms with van der Waals surface area (Å²) < 4.78 is 33.3. The van der Waals surface area contributed by atoms with Gasteiger partial charge >= 0.3 is 7.60 Å². The molecule has 12 nitrogen and oxygen atoms in total. The Labute approximate surface area is 250 Å². The number of aromatic nitrogens is 2. The van der Waals surface area contributed by atoms with Crippen LogP contribution in [0, 0.1) is 0 Å². The number of carbonyl (C=O) groups is 3. The molecule has 3 aliphatic rings. The molecule has 1 unspecified atom stereocenters. The number of hydrogen-bond donors (Lipinski definition) is 3. The summed E-state index contributed by atoms with van der Waals surface area (Å²) in [6.45, 7) is 1.05. The van der Waals surface area contributed by atoms with Crippen molar-refractivity contribution in [3.63, 3.8) is 0 Å². The maximum atomic E-state index is 14.2. The molecule has 3 fully saturated rings. The molecule has 4 atom stereocenters. The maximum Gasteiger partial charge on any atom is 0.363 e. The quantitative estimate of drug-likeness (QED) is 0.336. The number of fused-ring (bicyclic) bond motifs is 2. The Morgan fingerprint density at radius 3 is 2.67 bits per heavy atom. The van der Waals surface area contributed by atoms with E-state index in [4.69, 9.17) is 4.74 Å². The second kappa shape index (κ2) is 11.3. The van der Waals surface area contributed by atoms with Gasteiger partial charge in [0.25, 0.3) is 5.91 Å². The Kier molecular flexibility index (Phi) is 7.82. The van der Waals surface area contributed by atoms with Crippen molar-refractivity contribution < 1.29 is 37.9 Å². The topological polar surface area (TPSA) is 154 Å². The van der Waals surface area contributed by atoms with Gasteiger partial charge in [0.2, 0.25) is 23.6 Å². The number of carbonyl (C=O) groups excluding carboxylic acids is 3. The molecular formula is C28H33FN5O7PS. The minimum atomic E-state index is -4.97. The number of aryl methyl sites for hydroxylation is 1. The Hall–Kier alpha value is -3.32. The van der Waals surface area contributed by atoms with Crippen LogP contribution in [0.2, 0.25) is 0 Å². The largest absolute Gasteiger partial charge is 0.480 e. The number of amides is 3. The van der Waals surface area contributed by atoms with Crippen molar-refractivity contribution >= 4 is 46.7 Å². The predicted molar refractivity (Wildman–Crippen MR) is 156 cm³/mol. The van der Waals surface area contributed by atoms with Crippen LogP contribution in [0.4, 0.5) is 4.39 Å². The number of benzene rings is 1. The first-order valence-corrected chi connectivity index (χ1v) is 16.7. The molecule has 0 bridgehead atoms. The highest BCUT2D eigenvalue weighted by Gasteiger charge is 2.48. The van der Waals surface area contributed by atoms with E-state index in [1.807, 2.05) is 13.2 Å². The summed E-state index contributed by atoms with van der Waals surface area (Å²) >= 11 is 1.14. The van der Waals surface area contributed by atoms with Gasteiger partial charge in [-0.05, 0) is 61.3 Å². The molecule has 5 heterocycles. The van der Waals surface area contributed by atoms with Gasteiger partial charge in [-0.1, -0.05) is 6.07 Å². The Balaban J connectivity index is 1.13. The molecule has 0 saturated carbocycles. The number of ether oxygens (including phenoxy) is 1. The molecule has 6 rings (SSSR count). The average molecular weight is 634 g/mol. The number of hydrogen-bond acceptors (Lipinski definition) is 7. The standard InChI is InChI=1S/C28H33FN5O7PS/c1-32-14-19(26(31-32)41-2)17-12-33(13-17)28(37)21-8-7-18-4-3-5-20(27(36)34(18)21)30-25(35)23-11-16-10-15(6-9-22(16)43-23)24(29)42(38,39)40/h6,9-11,14,17-18,20-21,24H,3-5,7-8,12-13H2,1-2H3,(H,30,35)(H2,38,39,40)/t18-,20-,21-,24?/m0/s1. The molecule has 0 spiro atoms. The fourth-order valence-corrected chi connectivity index (χ4v) is 7.97. The Morgan fingerprint density at radius 2 is 1.95 bits per heavy atom. The van der Waals surface area contributed by atoms with E-state index < -0.39 is 31.5 Å². The molecule has 3 N–H and O–H groups in total. The van der Waals surface area contributed by atoms with Crippen molar-refractivity contribution in [2.75, 3.05) is 20.2 Å². The number of nitrogens with one attached hydrogen (secondary N) is 1. The fraction of sp³-hybridized carbons (Fsp3) is 0.500. The van der Waals surface area contributed by atoms with E-state index in [1.165, 1.54) is 24.3 Å². The highest BCUT2D eigenvalue weighted by molar-refractivity contribution is 7.51. The van der Waals surface area contributed by atoms with E-state index in [0.717, 1.165) is 36.2 Å². The van der Waals surface area contributed by atoms with Crippen molar-refractivity contribution in [3.05, 3.63) is 46.5 Å². The molecule has 0 radical (unpaired) electrons. The van der Waals surface area contributed by atoms with Crippen molar-refractivity contribution in [2.24, 2.45) is 7.05 Å². The Bertz CT molecular complexity index is 1630. The van der Waals surface area contributed by atoms with E-state index in [9.17, 15) is 33.1 Å². The fourth-order valence-electron chi connectivity index (χ4n) is 6.47. The van der Waals surface area contributed by atoms with Crippen molar-refractivity contribution in [1.29, 1.82) is 0 Å². The molecule has 43 heavy (non-hydrogen) atoms. The van der Waals surface area contributed by atoms with Crippen LogP contribution in [0.25, 0.3) is 10.1 Å². The van der Waals surface area contributed by atoms with Gasteiger partial charge in [-0.15, -0.1) is 16.4 Å². The zero-order valence-electron chi connectivity index (χ0n) is 23.7. The summed E-state index contributed by atoms with van der Waals surface area (Å²) in [5, 5.41) is 7.62.